The van der Waals surface area contributed by atoms with E-state index in [9.17, 15) is 4.79 Å². The van der Waals surface area contributed by atoms with Gasteiger partial charge < -0.3 is 15.5 Å². The summed E-state index contributed by atoms with van der Waals surface area (Å²) in [5.74, 6) is 1.09. The Labute approximate surface area is 147 Å². The van der Waals surface area contributed by atoms with Crippen molar-refractivity contribution in [1.82, 2.24) is 10.2 Å². The summed E-state index contributed by atoms with van der Waals surface area (Å²) in [5.41, 5.74) is 0.869. The van der Waals surface area contributed by atoms with Crippen LogP contribution in [0.5, 0.6) is 0 Å². The Hall–Kier alpha value is -0.910. The number of nitrogens with one attached hydrogen (secondary N) is 2. The van der Waals surface area contributed by atoms with Gasteiger partial charge in [0.1, 0.15) is 0 Å². The van der Waals surface area contributed by atoms with Gasteiger partial charge in [-0.2, -0.15) is 0 Å². The van der Waals surface area contributed by atoms with Gasteiger partial charge in [-0.05, 0) is 85.8 Å². The van der Waals surface area contributed by atoms with Crippen molar-refractivity contribution < 1.29 is 4.79 Å². The van der Waals surface area contributed by atoms with Gasteiger partial charge >= 0.3 is 0 Å². The van der Waals surface area contributed by atoms with E-state index in [1.165, 1.54) is 25.9 Å². The largest absolute Gasteiger partial charge is 0.325 e. The average Bonchev–Trinajstić information content (AvgIpc) is 2.58. The molecular weight excluding hydrogens is 354 g/mol. The second-order valence-electron chi connectivity index (χ2n) is 6.76. The van der Waals surface area contributed by atoms with E-state index in [4.69, 9.17) is 0 Å². The third kappa shape index (κ3) is 4.78. The molecule has 0 radical (unpaired) electrons. The fraction of sp³-hybridized carbons (Fsp3) is 0.611. The van der Waals surface area contributed by atoms with Crippen molar-refractivity contribution in [3.05, 3.63) is 28.7 Å². The number of hydrogen-bond donors (Lipinski definition) is 2. The van der Waals surface area contributed by atoms with Crippen molar-refractivity contribution in [2.24, 2.45) is 11.8 Å². The minimum Gasteiger partial charge on any atom is -0.325 e. The van der Waals surface area contributed by atoms with Crippen LogP contribution >= 0.6 is 15.9 Å². The summed E-state index contributed by atoms with van der Waals surface area (Å²) < 4.78 is 0.940. The van der Waals surface area contributed by atoms with Crippen LogP contribution in [0.1, 0.15) is 25.7 Å². The van der Waals surface area contributed by atoms with E-state index >= 15 is 0 Å². The number of rotatable bonds is 4. The molecule has 5 heteroatoms. The molecule has 2 saturated heterocycles. The lowest BCUT2D eigenvalue weighted by molar-refractivity contribution is -0.121. The van der Waals surface area contributed by atoms with Crippen LogP contribution in [0.3, 0.4) is 0 Å². The van der Waals surface area contributed by atoms with Crippen LogP contribution in [0.4, 0.5) is 5.69 Å². The number of nitrogens with zero attached hydrogens (tertiary/aromatic N) is 1. The lowest BCUT2D eigenvalue weighted by Gasteiger charge is -2.35. The molecule has 1 atom stereocenters. The molecule has 2 fully saturated rings. The second kappa shape index (κ2) is 8.27. The summed E-state index contributed by atoms with van der Waals surface area (Å²) in [7, 11) is 0. The molecule has 1 amide bonds. The van der Waals surface area contributed by atoms with Crippen LogP contribution in [0, 0.1) is 11.8 Å². The van der Waals surface area contributed by atoms with Gasteiger partial charge in [0, 0.05) is 16.9 Å². The van der Waals surface area contributed by atoms with Crippen LogP contribution in [-0.4, -0.2) is 43.5 Å². The van der Waals surface area contributed by atoms with Gasteiger partial charge in [0.25, 0.3) is 0 Å². The first-order valence-corrected chi connectivity index (χ1v) is 9.50. The smallest absolute Gasteiger partial charge is 0.227 e. The van der Waals surface area contributed by atoms with Crippen LogP contribution in [0.25, 0.3) is 0 Å². The van der Waals surface area contributed by atoms with Crippen molar-refractivity contribution >= 4 is 27.5 Å². The van der Waals surface area contributed by atoms with Crippen molar-refractivity contribution in [2.45, 2.75) is 25.7 Å². The maximum atomic E-state index is 12.5. The summed E-state index contributed by atoms with van der Waals surface area (Å²) in [4.78, 5) is 15.0. The molecule has 2 N–H and O–H groups in total. The zero-order valence-electron chi connectivity index (χ0n) is 13.6. The number of likely N-dealkylation sites (tertiary alicyclic amines) is 1. The third-order valence-corrected chi connectivity index (χ3v) is 5.70. The number of carbonyl (C=O) groups is 1. The highest BCUT2D eigenvalue weighted by molar-refractivity contribution is 9.10. The van der Waals surface area contributed by atoms with Crippen molar-refractivity contribution in [3.63, 3.8) is 0 Å². The van der Waals surface area contributed by atoms with E-state index in [2.05, 4.69) is 31.5 Å². The van der Waals surface area contributed by atoms with E-state index in [0.717, 1.165) is 48.6 Å². The molecule has 0 aliphatic carbocycles. The fourth-order valence-electron chi connectivity index (χ4n) is 3.62. The molecule has 126 valence electrons. The van der Waals surface area contributed by atoms with Gasteiger partial charge in [-0.3, -0.25) is 4.79 Å². The predicted molar refractivity (Wildman–Crippen MR) is 97.5 cm³/mol. The van der Waals surface area contributed by atoms with Crippen LogP contribution in [-0.2, 0) is 4.79 Å². The maximum absolute atomic E-state index is 12.5. The van der Waals surface area contributed by atoms with Gasteiger partial charge in [-0.25, -0.2) is 0 Å². The van der Waals surface area contributed by atoms with E-state index < -0.39 is 0 Å². The van der Waals surface area contributed by atoms with E-state index in [1.807, 2.05) is 24.3 Å². The molecule has 2 aliphatic rings. The number of carbonyl (C=O) groups excluding carboxylic acids is 1. The molecule has 2 heterocycles. The van der Waals surface area contributed by atoms with Crippen LogP contribution in [0.2, 0.25) is 0 Å². The minimum atomic E-state index is 0.142. The molecule has 0 aromatic heterocycles. The summed E-state index contributed by atoms with van der Waals surface area (Å²) >= 11 is 3.48. The maximum Gasteiger partial charge on any atom is 0.227 e. The minimum absolute atomic E-state index is 0.142. The Morgan fingerprint density at radius 3 is 2.74 bits per heavy atom. The SMILES string of the molecule is O=C(Nc1ccccc1Br)C1CCN(CC2CCCNC2)CC1. The average molecular weight is 380 g/mol. The highest BCUT2D eigenvalue weighted by atomic mass is 79.9. The molecule has 1 aromatic carbocycles. The van der Waals surface area contributed by atoms with Crippen molar-refractivity contribution in [1.29, 1.82) is 0 Å². The number of piperidine rings is 2. The molecule has 23 heavy (non-hydrogen) atoms. The van der Waals surface area contributed by atoms with E-state index in [-0.39, 0.29) is 11.8 Å². The van der Waals surface area contributed by atoms with E-state index in [1.54, 1.807) is 0 Å². The first-order valence-electron chi connectivity index (χ1n) is 8.71. The zero-order valence-corrected chi connectivity index (χ0v) is 15.1. The van der Waals surface area contributed by atoms with Gasteiger partial charge in [0.05, 0.1) is 5.69 Å². The normalized spacial score (nSPS) is 23.6. The number of hydrogen-bond acceptors (Lipinski definition) is 3. The van der Waals surface area contributed by atoms with Gasteiger partial charge in [-0.15, -0.1) is 0 Å². The molecule has 1 unspecified atom stereocenters. The molecule has 3 rings (SSSR count). The van der Waals surface area contributed by atoms with Gasteiger partial charge in [-0.1, -0.05) is 12.1 Å². The molecule has 1 aromatic rings. The molecule has 0 spiro atoms. The van der Waals surface area contributed by atoms with Crippen molar-refractivity contribution in [3.8, 4) is 0 Å². The molecule has 0 saturated carbocycles. The Bertz CT molecular complexity index is 523. The Kier molecular flexibility index (Phi) is 6.08. The third-order valence-electron chi connectivity index (χ3n) is 5.01. The van der Waals surface area contributed by atoms with Crippen molar-refractivity contribution in [2.75, 3.05) is 38.0 Å². The predicted octanol–water partition coefficient (Wildman–Crippen LogP) is 3.10. The topological polar surface area (TPSA) is 44.4 Å². The standard InChI is InChI=1S/C18H26BrN3O/c19-16-5-1-2-6-17(16)21-18(23)15-7-10-22(11-8-15)13-14-4-3-9-20-12-14/h1-2,5-6,14-15,20H,3-4,7-13H2,(H,21,23). The van der Waals surface area contributed by atoms with Gasteiger partial charge in [0.2, 0.25) is 5.91 Å². The second-order valence-corrected chi connectivity index (χ2v) is 7.61. The van der Waals surface area contributed by atoms with Crippen LogP contribution in [0.15, 0.2) is 28.7 Å². The summed E-state index contributed by atoms with van der Waals surface area (Å²) in [6.45, 7) is 5.61. The molecule has 2 aliphatic heterocycles. The summed E-state index contributed by atoms with van der Waals surface area (Å²) in [6, 6.07) is 7.79. The number of halogens is 1. The quantitative estimate of drug-likeness (QED) is 0.844. The van der Waals surface area contributed by atoms with Gasteiger partial charge in [0.15, 0.2) is 0 Å². The first-order chi connectivity index (χ1) is 11.2. The Morgan fingerprint density at radius 2 is 2.04 bits per heavy atom. The zero-order chi connectivity index (χ0) is 16.1. The highest BCUT2D eigenvalue weighted by Crippen LogP contribution is 2.25. The summed E-state index contributed by atoms with van der Waals surface area (Å²) in [5, 5.41) is 6.55. The van der Waals surface area contributed by atoms with E-state index in [0.29, 0.717) is 0 Å². The van der Waals surface area contributed by atoms with Crippen LogP contribution < -0.4 is 10.6 Å². The molecular formula is C18H26BrN3O. The molecule has 4 nitrogen and oxygen atoms in total. The first kappa shape index (κ1) is 16.9. The number of para-hydroxylation sites is 1. The fourth-order valence-corrected chi connectivity index (χ4v) is 4.00. The monoisotopic (exact) mass is 379 g/mol. The number of anilines is 1. The number of benzene rings is 1. The molecule has 0 bridgehead atoms. The highest BCUT2D eigenvalue weighted by Gasteiger charge is 2.26. The Morgan fingerprint density at radius 1 is 1.26 bits per heavy atom. The lowest BCUT2D eigenvalue weighted by atomic mass is 9.93. The lowest BCUT2D eigenvalue weighted by Crippen LogP contribution is -2.43. The Balaban J connectivity index is 1.45. The summed E-state index contributed by atoms with van der Waals surface area (Å²) in [6.07, 6.45) is 4.58. The number of amides is 1.